The van der Waals surface area contributed by atoms with Crippen LogP contribution in [0.2, 0.25) is 5.02 Å². The van der Waals surface area contributed by atoms with Gasteiger partial charge in [-0.1, -0.05) is 42.8 Å². The third-order valence-corrected chi connectivity index (χ3v) is 9.75. The molecule has 6 rings (SSSR count). The number of benzene rings is 2. The fourth-order valence-electron chi connectivity index (χ4n) is 7.19. The van der Waals surface area contributed by atoms with Gasteiger partial charge in [-0.25, -0.2) is 18.3 Å². The topological polar surface area (TPSA) is 76.2 Å². The fourth-order valence-corrected chi connectivity index (χ4v) is 7.36. The van der Waals surface area contributed by atoms with Crippen LogP contribution < -0.4 is 11.1 Å². The largest absolute Gasteiger partial charge is 0.416 e. The number of hydrogen-bond donors (Lipinski definition) is 2. The van der Waals surface area contributed by atoms with Crippen LogP contribution in [0.15, 0.2) is 54.1 Å². The number of urea groups is 1. The lowest BCUT2D eigenvalue weighted by Crippen LogP contribution is -2.52. The molecular formula is C33H33ClF5N5O. The molecule has 0 bridgehead atoms. The Morgan fingerprint density at radius 3 is 2.47 bits per heavy atom. The predicted molar refractivity (Wildman–Crippen MR) is 162 cm³/mol. The number of nitrogens with zero attached hydrogens (tertiary/aromatic N) is 3. The maximum atomic E-state index is 16.8. The van der Waals surface area contributed by atoms with Crippen LogP contribution in [-0.4, -0.2) is 31.8 Å². The second-order valence-electron chi connectivity index (χ2n) is 13.0. The number of para-hydroxylation sites is 1. The lowest BCUT2D eigenvalue weighted by Gasteiger charge is -2.46. The molecule has 238 valence electrons. The van der Waals surface area contributed by atoms with Gasteiger partial charge in [-0.3, -0.25) is 4.90 Å². The van der Waals surface area contributed by atoms with E-state index in [0.717, 1.165) is 17.7 Å². The molecule has 3 aliphatic rings. The first-order valence-corrected chi connectivity index (χ1v) is 15.0. The number of allylic oxidation sites excluding steroid dienone is 2. The standard InChI is InChI=1S/C33H33ClF5N5O/c1-6-17-8-7-9-20-25-27(36)31(4,41-29(40)45)14-24(35)32(25,5)28-21-16-43(30(2,3)13-23(21)42-44(28)26(17)20)15-18-10-11-19(34)12-22(18)33(37,38)39/h7-12,14H,6,13,15-16H2,1-5H3,(H3,40,41,45). The van der Waals surface area contributed by atoms with Crippen molar-refractivity contribution < 1.29 is 26.7 Å². The summed E-state index contributed by atoms with van der Waals surface area (Å²) in [5.41, 5.74) is 4.09. The normalized spacial score (nSPS) is 23.9. The third-order valence-electron chi connectivity index (χ3n) is 9.52. The van der Waals surface area contributed by atoms with Gasteiger partial charge in [-0.05, 0) is 63.5 Å². The lowest BCUT2D eigenvalue weighted by atomic mass is 9.64. The number of nitrogens with two attached hydrogens (primary N) is 1. The van der Waals surface area contributed by atoms with Gasteiger partial charge in [0, 0.05) is 46.8 Å². The number of aromatic nitrogens is 2. The number of amides is 2. The van der Waals surface area contributed by atoms with E-state index in [9.17, 15) is 18.0 Å². The van der Waals surface area contributed by atoms with Crippen LogP contribution in [-0.2, 0) is 37.5 Å². The number of hydrogen-bond acceptors (Lipinski definition) is 3. The third kappa shape index (κ3) is 4.69. The Morgan fingerprint density at radius 1 is 1.11 bits per heavy atom. The zero-order valence-corrected chi connectivity index (χ0v) is 26.2. The van der Waals surface area contributed by atoms with Crippen LogP contribution in [0.1, 0.15) is 73.8 Å². The number of fused-ring (bicyclic) bond motifs is 8. The monoisotopic (exact) mass is 645 g/mol. The van der Waals surface area contributed by atoms with E-state index < -0.39 is 45.9 Å². The van der Waals surface area contributed by atoms with Crippen LogP contribution >= 0.6 is 11.6 Å². The van der Waals surface area contributed by atoms with Crippen molar-refractivity contribution in [3.05, 3.63) is 98.4 Å². The average Bonchev–Trinajstić information content (AvgIpc) is 3.29. The van der Waals surface area contributed by atoms with Gasteiger partial charge in [0.1, 0.15) is 17.2 Å². The molecule has 2 aromatic carbocycles. The quantitative estimate of drug-likeness (QED) is 0.286. The van der Waals surface area contributed by atoms with E-state index in [2.05, 4.69) is 5.32 Å². The molecule has 2 unspecified atom stereocenters. The zero-order chi connectivity index (χ0) is 32.9. The Bertz CT molecular complexity index is 1830. The average molecular weight is 646 g/mol. The second kappa shape index (κ2) is 10.2. The van der Waals surface area contributed by atoms with Crippen molar-refractivity contribution in [2.45, 2.75) is 83.2 Å². The number of nitrogens with one attached hydrogen (secondary N) is 1. The molecule has 3 heterocycles. The van der Waals surface area contributed by atoms with Crippen molar-refractivity contribution in [2.24, 2.45) is 5.73 Å². The molecule has 3 aromatic rings. The lowest BCUT2D eigenvalue weighted by molar-refractivity contribution is -0.138. The van der Waals surface area contributed by atoms with Crippen molar-refractivity contribution in [2.75, 3.05) is 0 Å². The van der Waals surface area contributed by atoms with Crippen LogP contribution in [0.25, 0.3) is 11.3 Å². The summed E-state index contributed by atoms with van der Waals surface area (Å²) in [5.74, 6) is -1.47. The highest BCUT2D eigenvalue weighted by Gasteiger charge is 2.55. The Kier molecular flexibility index (Phi) is 7.06. The highest BCUT2D eigenvalue weighted by Crippen LogP contribution is 2.58. The Morgan fingerprint density at radius 2 is 1.82 bits per heavy atom. The highest BCUT2D eigenvalue weighted by atomic mass is 35.5. The minimum Gasteiger partial charge on any atom is -0.352 e. The van der Waals surface area contributed by atoms with Crippen molar-refractivity contribution in [1.29, 1.82) is 0 Å². The highest BCUT2D eigenvalue weighted by molar-refractivity contribution is 6.30. The minimum atomic E-state index is -4.62. The van der Waals surface area contributed by atoms with E-state index in [1.807, 2.05) is 31.7 Å². The summed E-state index contributed by atoms with van der Waals surface area (Å²) in [6.45, 7) is 8.81. The van der Waals surface area contributed by atoms with Crippen molar-refractivity contribution in [3.8, 4) is 5.69 Å². The molecule has 2 aliphatic heterocycles. The van der Waals surface area contributed by atoms with Crippen LogP contribution in [0.5, 0.6) is 0 Å². The van der Waals surface area contributed by atoms with Crippen molar-refractivity contribution in [1.82, 2.24) is 20.0 Å². The Hall–Kier alpha value is -3.70. The van der Waals surface area contributed by atoms with Crippen LogP contribution in [0.4, 0.5) is 26.7 Å². The molecule has 3 N–H and O–H groups in total. The van der Waals surface area contributed by atoms with Gasteiger partial charge in [-0.2, -0.15) is 18.3 Å². The van der Waals surface area contributed by atoms with Crippen molar-refractivity contribution in [3.63, 3.8) is 0 Å². The summed E-state index contributed by atoms with van der Waals surface area (Å²) in [6.07, 6.45) is -2.66. The molecule has 2 amide bonds. The van der Waals surface area contributed by atoms with Crippen LogP contribution in [0, 0.1) is 0 Å². The number of rotatable bonds is 4. The second-order valence-corrected chi connectivity index (χ2v) is 13.4. The van der Waals surface area contributed by atoms with Gasteiger partial charge >= 0.3 is 12.2 Å². The van der Waals surface area contributed by atoms with E-state index in [1.54, 1.807) is 23.7 Å². The first-order chi connectivity index (χ1) is 20.9. The molecule has 0 fully saturated rings. The number of primary amides is 1. The Balaban J connectivity index is 1.58. The molecule has 0 radical (unpaired) electrons. The maximum absolute atomic E-state index is 16.8. The molecular weight excluding hydrogens is 613 g/mol. The SMILES string of the molecule is CCc1cccc2c1-n1nc3c(c1C1(C)C(F)=CC(C)(NC(N)=O)C(F)=C21)CN(Cc1ccc(Cl)cc1C(F)(F)F)C(C)(C)C3. The summed E-state index contributed by atoms with van der Waals surface area (Å²) in [7, 11) is 0. The number of halogens is 6. The first-order valence-electron chi connectivity index (χ1n) is 14.6. The van der Waals surface area contributed by atoms with Gasteiger partial charge in [0.05, 0.1) is 28.1 Å². The number of aryl methyl sites for hydroxylation is 1. The molecule has 0 saturated heterocycles. The molecule has 2 atom stereocenters. The van der Waals surface area contributed by atoms with Gasteiger partial charge in [0.25, 0.3) is 0 Å². The smallest absolute Gasteiger partial charge is 0.352 e. The fraction of sp³-hybridized carbons (Fsp3) is 0.394. The first kappa shape index (κ1) is 31.3. The zero-order valence-electron chi connectivity index (χ0n) is 25.5. The summed E-state index contributed by atoms with van der Waals surface area (Å²) in [4.78, 5) is 13.8. The molecule has 6 nitrogen and oxygen atoms in total. The molecule has 45 heavy (non-hydrogen) atoms. The number of carbonyl (C=O) groups excluding carboxylic acids is 1. The summed E-state index contributed by atoms with van der Waals surface area (Å²) >= 11 is 5.94. The molecule has 1 aromatic heterocycles. The maximum Gasteiger partial charge on any atom is 0.416 e. The van der Waals surface area contributed by atoms with Gasteiger partial charge < -0.3 is 11.1 Å². The summed E-state index contributed by atoms with van der Waals surface area (Å²) in [6, 6.07) is 8.10. The van der Waals surface area contributed by atoms with Crippen molar-refractivity contribution >= 4 is 23.2 Å². The van der Waals surface area contributed by atoms with E-state index in [1.165, 1.54) is 19.1 Å². The molecule has 0 saturated carbocycles. The van der Waals surface area contributed by atoms with E-state index >= 15 is 8.78 Å². The van der Waals surface area contributed by atoms with Gasteiger partial charge in [-0.15, -0.1) is 0 Å². The van der Waals surface area contributed by atoms with E-state index in [-0.39, 0.29) is 29.2 Å². The molecule has 1 aliphatic carbocycles. The Labute approximate surface area is 262 Å². The summed E-state index contributed by atoms with van der Waals surface area (Å²) in [5, 5.41) is 7.32. The summed E-state index contributed by atoms with van der Waals surface area (Å²) < 4.78 is 77.4. The molecule has 0 spiro atoms. The number of alkyl halides is 3. The van der Waals surface area contributed by atoms with Crippen LogP contribution in [0.3, 0.4) is 0 Å². The van der Waals surface area contributed by atoms with Gasteiger partial charge in [0.15, 0.2) is 0 Å². The van der Waals surface area contributed by atoms with Gasteiger partial charge in [0.2, 0.25) is 0 Å². The minimum absolute atomic E-state index is 0.0194. The van der Waals surface area contributed by atoms with E-state index in [4.69, 9.17) is 22.4 Å². The number of carbonyl (C=O) groups is 1. The van der Waals surface area contributed by atoms with E-state index in [0.29, 0.717) is 41.0 Å². The predicted octanol–water partition coefficient (Wildman–Crippen LogP) is 7.69. The molecule has 12 heteroatoms.